The van der Waals surface area contributed by atoms with Gasteiger partial charge in [-0.05, 0) is 32.1 Å². The Morgan fingerprint density at radius 1 is 1.53 bits per heavy atom. The summed E-state index contributed by atoms with van der Waals surface area (Å²) in [5.74, 6) is 0.742. The van der Waals surface area contributed by atoms with E-state index < -0.39 is 0 Å². The van der Waals surface area contributed by atoms with Crippen LogP contribution < -0.4 is 11.1 Å². The number of carbonyl (C=O) groups is 1. The standard InChI is InChI=1S/C11H22N2O2/c1-2-15-5-3-4-11(14)13-8-9-6-10(12)7-9/h9-10H,2-8,12H2,1H3,(H,13,14). The van der Waals surface area contributed by atoms with E-state index in [2.05, 4.69) is 5.32 Å². The number of amides is 1. The third-order valence-corrected chi connectivity index (χ3v) is 2.76. The Kier molecular flexibility index (Phi) is 5.65. The SMILES string of the molecule is CCOCCCC(=O)NCC1CC(N)C1. The first-order valence-electron chi connectivity index (χ1n) is 5.82. The molecule has 0 aromatic heterocycles. The van der Waals surface area contributed by atoms with Crippen LogP contribution in [-0.2, 0) is 9.53 Å². The molecule has 4 heteroatoms. The van der Waals surface area contributed by atoms with E-state index in [9.17, 15) is 4.79 Å². The summed E-state index contributed by atoms with van der Waals surface area (Å²) in [7, 11) is 0. The summed E-state index contributed by atoms with van der Waals surface area (Å²) in [4.78, 5) is 11.3. The van der Waals surface area contributed by atoms with Gasteiger partial charge in [-0.15, -0.1) is 0 Å². The molecule has 1 aliphatic carbocycles. The first-order valence-corrected chi connectivity index (χ1v) is 5.82. The predicted octanol–water partition coefficient (Wildman–Crippen LogP) is 0.657. The molecule has 0 aromatic carbocycles. The van der Waals surface area contributed by atoms with E-state index >= 15 is 0 Å². The molecule has 0 heterocycles. The first kappa shape index (κ1) is 12.5. The number of nitrogens with one attached hydrogen (secondary N) is 1. The average Bonchev–Trinajstić information content (AvgIpc) is 2.18. The van der Waals surface area contributed by atoms with Crippen LogP contribution in [0.3, 0.4) is 0 Å². The van der Waals surface area contributed by atoms with E-state index in [0.29, 0.717) is 25.0 Å². The van der Waals surface area contributed by atoms with Gasteiger partial charge in [0.2, 0.25) is 5.91 Å². The van der Waals surface area contributed by atoms with E-state index in [-0.39, 0.29) is 5.91 Å². The van der Waals surface area contributed by atoms with Crippen LogP contribution in [0.1, 0.15) is 32.6 Å². The fourth-order valence-electron chi connectivity index (χ4n) is 1.78. The molecular formula is C11H22N2O2. The summed E-state index contributed by atoms with van der Waals surface area (Å²) >= 11 is 0. The van der Waals surface area contributed by atoms with Crippen LogP contribution in [0.15, 0.2) is 0 Å². The lowest BCUT2D eigenvalue weighted by Crippen LogP contribution is -2.42. The summed E-state index contributed by atoms with van der Waals surface area (Å²) in [6.45, 7) is 4.15. The molecule has 0 radical (unpaired) electrons. The molecule has 88 valence electrons. The number of rotatable bonds is 7. The van der Waals surface area contributed by atoms with Crippen LogP contribution in [0.4, 0.5) is 0 Å². The Morgan fingerprint density at radius 3 is 2.87 bits per heavy atom. The Morgan fingerprint density at radius 2 is 2.27 bits per heavy atom. The van der Waals surface area contributed by atoms with Gasteiger partial charge in [-0.25, -0.2) is 0 Å². The monoisotopic (exact) mass is 214 g/mol. The summed E-state index contributed by atoms with van der Waals surface area (Å²) in [5, 5.41) is 2.93. The van der Waals surface area contributed by atoms with E-state index in [1.807, 2.05) is 6.92 Å². The lowest BCUT2D eigenvalue weighted by Gasteiger charge is -2.32. The molecule has 0 aliphatic heterocycles. The predicted molar refractivity (Wildman–Crippen MR) is 59.4 cm³/mol. The normalized spacial score (nSPS) is 24.7. The van der Waals surface area contributed by atoms with Crippen LogP contribution in [0.2, 0.25) is 0 Å². The van der Waals surface area contributed by atoms with Gasteiger partial charge in [0.25, 0.3) is 0 Å². The van der Waals surface area contributed by atoms with Gasteiger partial charge in [0.1, 0.15) is 0 Å². The minimum atomic E-state index is 0.134. The molecule has 0 spiro atoms. The third-order valence-electron chi connectivity index (χ3n) is 2.76. The third kappa shape index (κ3) is 5.14. The fourth-order valence-corrected chi connectivity index (χ4v) is 1.78. The van der Waals surface area contributed by atoms with E-state index in [1.54, 1.807) is 0 Å². The van der Waals surface area contributed by atoms with E-state index in [4.69, 9.17) is 10.5 Å². The highest BCUT2D eigenvalue weighted by Crippen LogP contribution is 2.24. The van der Waals surface area contributed by atoms with Crippen LogP contribution in [0.5, 0.6) is 0 Å². The van der Waals surface area contributed by atoms with Gasteiger partial charge in [0, 0.05) is 32.2 Å². The summed E-state index contributed by atoms with van der Waals surface area (Å²) in [6, 6.07) is 0.366. The van der Waals surface area contributed by atoms with Crippen molar-refractivity contribution in [3.05, 3.63) is 0 Å². The van der Waals surface area contributed by atoms with Crippen molar-refractivity contribution in [1.29, 1.82) is 0 Å². The fraction of sp³-hybridized carbons (Fsp3) is 0.909. The first-order chi connectivity index (χ1) is 7.22. The zero-order chi connectivity index (χ0) is 11.1. The zero-order valence-corrected chi connectivity index (χ0v) is 9.50. The average molecular weight is 214 g/mol. The van der Waals surface area contributed by atoms with Crippen molar-refractivity contribution < 1.29 is 9.53 Å². The van der Waals surface area contributed by atoms with Gasteiger partial charge in [-0.3, -0.25) is 4.79 Å². The van der Waals surface area contributed by atoms with Crippen molar-refractivity contribution in [3.63, 3.8) is 0 Å². The van der Waals surface area contributed by atoms with E-state index in [0.717, 1.165) is 32.4 Å². The number of nitrogens with two attached hydrogens (primary N) is 1. The van der Waals surface area contributed by atoms with Crippen molar-refractivity contribution in [2.75, 3.05) is 19.8 Å². The lowest BCUT2D eigenvalue weighted by atomic mass is 9.81. The maximum absolute atomic E-state index is 11.3. The molecule has 0 bridgehead atoms. The second-order valence-electron chi connectivity index (χ2n) is 4.20. The van der Waals surface area contributed by atoms with Crippen LogP contribution in [0, 0.1) is 5.92 Å². The topological polar surface area (TPSA) is 64.3 Å². The molecule has 15 heavy (non-hydrogen) atoms. The van der Waals surface area contributed by atoms with Crippen molar-refractivity contribution >= 4 is 5.91 Å². The number of hydrogen-bond acceptors (Lipinski definition) is 3. The summed E-state index contributed by atoms with van der Waals surface area (Å²) in [5.41, 5.74) is 5.66. The molecule has 0 aromatic rings. The highest BCUT2D eigenvalue weighted by Gasteiger charge is 2.25. The molecule has 1 saturated carbocycles. The van der Waals surface area contributed by atoms with Gasteiger partial charge < -0.3 is 15.8 Å². The number of ether oxygens (including phenoxy) is 1. The maximum Gasteiger partial charge on any atom is 0.220 e. The van der Waals surface area contributed by atoms with Gasteiger partial charge in [-0.1, -0.05) is 0 Å². The highest BCUT2D eigenvalue weighted by atomic mass is 16.5. The van der Waals surface area contributed by atoms with Crippen molar-refractivity contribution in [2.24, 2.45) is 11.7 Å². The Hall–Kier alpha value is -0.610. The molecule has 1 aliphatic rings. The minimum Gasteiger partial charge on any atom is -0.382 e. The molecular weight excluding hydrogens is 192 g/mol. The highest BCUT2D eigenvalue weighted by molar-refractivity contribution is 5.75. The van der Waals surface area contributed by atoms with Gasteiger partial charge in [0.15, 0.2) is 0 Å². The van der Waals surface area contributed by atoms with Crippen LogP contribution in [0.25, 0.3) is 0 Å². The smallest absolute Gasteiger partial charge is 0.220 e. The van der Waals surface area contributed by atoms with Gasteiger partial charge >= 0.3 is 0 Å². The minimum absolute atomic E-state index is 0.134. The number of hydrogen-bond donors (Lipinski definition) is 2. The molecule has 0 unspecified atom stereocenters. The molecule has 0 saturated heterocycles. The molecule has 1 amide bonds. The lowest BCUT2D eigenvalue weighted by molar-refractivity contribution is -0.121. The second-order valence-corrected chi connectivity index (χ2v) is 4.20. The Bertz CT molecular complexity index is 191. The summed E-state index contributed by atoms with van der Waals surface area (Å²) in [6.07, 6.45) is 3.49. The zero-order valence-electron chi connectivity index (χ0n) is 9.50. The number of carbonyl (C=O) groups excluding carboxylic acids is 1. The largest absolute Gasteiger partial charge is 0.382 e. The molecule has 1 fully saturated rings. The van der Waals surface area contributed by atoms with Crippen LogP contribution >= 0.6 is 0 Å². The van der Waals surface area contributed by atoms with Crippen molar-refractivity contribution in [3.8, 4) is 0 Å². The van der Waals surface area contributed by atoms with Crippen molar-refractivity contribution in [2.45, 2.75) is 38.6 Å². The molecule has 0 atom stereocenters. The van der Waals surface area contributed by atoms with Crippen LogP contribution in [-0.4, -0.2) is 31.7 Å². The van der Waals surface area contributed by atoms with Gasteiger partial charge in [-0.2, -0.15) is 0 Å². The maximum atomic E-state index is 11.3. The summed E-state index contributed by atoms with van der Waals surface area (Å²) < 4.78 is 5.16. The second kappa shape index (κ2) is 6.80. The molecule has 1 rings (SSSR count). The Labute approximate surface area is 91.5 Å². The molecule has 3 N–H and O–H groups in total. The molecule has 4 nitrogen and oxygen atoms in total. The Balaban J connectivity index is 1.90. The quantitative estimate of drug-likeness (QED) is 0.612. The van der Waals surface area contributed by atoms with E-state index in [1.165, 1.54) is 0 Å². The van der Waals surface area contributed by atoms with Crippen molar-refractivity contribution in [1.82, 2.24) is 5.32 Å². The van der Waals surface area contributed by atoms with Gasteiger partial charge in [0.05, 0.1) is 0 Å².